The Morgan fingerprint density at radius 3 is 2.82 bits per heavy atom. The number of carbonyl (C=O) groups is 1. The molecule has 1 atom stereocenters. The average molecular weight is 338 g/mol. The summed E-state index contributed by atoms with van der Waals surface area (Å²) in [4.78, 5) is 13.5. The molecule has 8 heteroatoms. The van der Waals surface area contributed by atoms with Crippen LogP contribution in [0.4, 0.5) is 13.2 Å². The highest BCUT2D eigenvalue weighted by Gasteiger charge is 2.33. The van der Waals surface area contributed by atoms with E-state index in [0.717, 1.165) is 6.42 Å². The number of aryl methyl sites for hydroxylation is 1. The highest BCUT2D eigenvalue weighted by molar-refractivity contribution is 6.31. The van der Waals surface area contributed by atoms with E-state index < -0.39 is 12.7 Å². The summed E-state index contributed by atoms with van der Waals surface area (Å²) in [6.07, 6.45) is -1.01. The molecule has 124 valence electrons. The average Bonchev–Trinajstić information content (AvgIpc) is 2.73. The van der Waals surface area contributed by atoms with Crippen LogP contribution in [0.5, 0.6) is 0 Å². The minimum Gasteiger partial charge on any atom is -0.350 e. The number of rotatable bonds is 4. The zero-order valence-electron chi connectivity index (χ0n) is 12.3. The van der Waals surface area contributed by atoms with Gasteiger partial charge in [-0.1, -0.05) is 11.6 Å². The molecule has 0 radical (unpaired) electrons. The van der Waals surface area contributed by atoms with Crippen LogP contribution in [0.2, 0.25) is 5.02 Å². The summed E-state index contributed by atoms with van der Waals surface area (Å²) in [7, 11) is 1.71. The monoisotopic (exact) mass is 337 g/mol. The fraction of sp³-hybridized carbons (Fsp3) is 0.643. The lowest BCUT2D eigenvalue weighted by atomic mass is 9.98. The van der Waals surface area contributed by atoms with Crippen molar-refractivity contribution in [3.05, 3.63) is 23.0 Å². The van der Waals surface area contributed by atoms with Gasteiger partial charge in [-0.3, -0.25) is 9.69 Å². The Morgan fingerprint density at radius 2 is 2.23 bits per heavy atom. The Kier molecular flexibility index (Phi) is 5.39. The lowest BCUT2D eigenvalue weighted by Crippen LogP contribution is -2.44. The summed E-state index contributed by atoms with van der Waals surface area (Å²) in [5.41, 5.74) is 0.438. The van der Waals surface area contributed by atoms with E-state index in [0.29, 0.717) is 36.8 Å². The second-order valence-corrected chi connectivity index (χ2v) is 6.16. The third-order valence-corrected chi connectivity index (χ3v) is 3.97. The predicted molar refractivity (Wildman–Crippen MR) is 78.0 cm³/mol. The minimum atomic E-state index is -4.18. The maximum absolute atomic E-state index is 12.4. The van der Waals surface area contributed by atoms with Crippen molar-refractivity contribution in [2.45, 2.75) is 19.0 Å². The number of hydrogen-bond donors (Lipinski definition) is 1. The summed E-state index contributed by atoms with van der Waals surface area (Å²) in [5.74, 6) is -0.224. The van der Waals surface area contributed by atoms with Crippen LogP contribution < -0.4 is 5.32 Å². The van der Waals surface area contributed by atoms with Crippen molar-refractivity contribution in [1.82, 2.24) is 14.8 Å². The lowest BCUT2D eigenvalue weighted by Gasteiger charge is -2.33. The normalized spacial score (nSPS) is 20.1. The number of aromatic nitrogens is 1. The van der Waals surface area contributed by atoms with Gasteiger partial charge in [-0.25, -0.2) is 0 Å². The molecule has 4 nitrogen and oxygen atoms in total. The number of alkyl halides is 3. The Morgan fingerprint density at radius 1 is 1.50 bits per heavy atom. The van der Waals surface area contributed by atoms with E-state index >= 15 is 0 Å². The van der Waals surface area contributed by atoms with E-state index in [2.05, 4.69) is 5.32 Å². The molecule has 0 bridgehead atoms. The van der Waals surface area contributed by atoms with Crippen LogP contribution in [0.3, 0.4) is 0 Å². The SMILES string of the molecule is Cn1cc(Cl)cc1C(=O)NC[C@@H]1CCCN(CC(F)(F)F)C1. The summed E-state index contributed by atoms with van der Waals surface area (Å²) in [6.45, 7) is 0.298. The predicted octanol–water partition coefficient (Wildman–Crippen LogP) is 2.68. The molecular weight excluding hydrogens is 319 g/mol. The van der Waals surface area contributed by atoms with Gasteiger partial charge in [0.1, 0.15) is 5.69 Å². The summed E-state index contributed by atoms with van der Waals surface area (Å²) >= 11 is 5.83. The third-order valence-electron chi connectivity index (χ3n) is 3.76. The molecule has 2 heterocycles. The first-order chi connectivity index (χ1) is 10.2. The van der Waals surface area contributed by atoms with Crippen molar-refractivity contribution >= 4 is 17.5 Å². The van der Waals surface area contributed by atoms with Gasteiger partial charge in [0.05, 0.1) is 11.6 Å². The van der Waals surface area contributed by atoms with Crippen molar-refractivity contribution in [2.24, 2.45) is 13.0 Å². The number of piperidine rings is 1. The maximum Gasteiger partial charge on any atom is 0.401 e. The van der Waals surface area contributed by atoms with Crippen molar-refractivity contribution < 1.29 is 18.0 Å². The van der Waals surface area contributed by atoms with Crippen LogP contribution in [0.1, 0.15) is 23.3 Å². The summed E-state index contributed by atoms with van der Waals surface area (Å²) in [6, 6.07) is 1.56. The molecule has 1 aliphatic heterocycles. The molecule has 1 saturated heterocycles. The Labute approximate surface area is 132 Å². The number of hydrogen-bond acceptors (Lipinski definition) is 2. The van der Waals surface area contributed by atoms with Crippen LogP contribution in [-0.4, -0.2) is 47.7 Å². The molecule has 1 aromatic heterocycles. The first-order valence-electron chi connectivity index (χ1n) is 7.14. The van der Waals surface area contributed by atoms with Crippen molar-refractivity contribution in [2.75, 3.05) is 26.2 Å². The molecule has 1 fully saturated rings. The van der Waals surface area contributed by atoms with Gasteiger partial charge in [0.25, 0.3) is 5.91 Å². The van der Waals surface area contributed by atoms with Gasteiger partial charge in [-0.05, 0) is 31.4 Å². The topological polar surface area (TPSA) is 37.3 Å². The van der Waals surface area contributed by atoms with E-state index in [1.165, 1.54) is 4.90 Å². The quantitative estimate of drug-likeness (QED) is 0.917. The van der Waals surface area contributed by atoms with Gasteiger partial charge in [0, 0.05) is 26.3 Å². The zero-order chi connectivity index (χ0) is 16.3. The number of carbonyl (C=O) groups excluding carboxylic acids is 1. The fourth-order valence-corrected chi connectivity index (χ4v) is 3.04. The van der Waals surface area contributed by atoms with Crippen molar-refractivity contribution in [3.63, 3.8) is 0 Å². The minimum absolute atomic E-state index is 0.0378. The van der Waals surface area contributed by atoms with E-state index in [1.54, 1.807) is 23.9 Å². The van der Waals surface area contributed by atoms with E-state index in [9.17, 15) is 18.0 Å². The van der Waals surface area contributed by atoms with Crippen LogP contribution >= 0.6 is 11.6 Å². The number of amides is 1. The molecule has 1 amide bonds. The van der Waals surface area contributed by atoms with Gasteiger partial charge in [-0.2, -0.15) is 13.2 Å². The molecule has 0 saturated carbocycles. The highest BCUT2D eigenvalue weighted by atomic mass is 35.5. The van der Waals surface area contributed by atoms with Crippen LogP contribution in [0, 0.1) is 5.92 Å². The Hall–Kier alpha value is -1.21. The molecule has 1 N–H and O–H groups in total. The fourth-order valence-electron chi connectivity index (χ4n) is 2.79. The van der Waals surface area contributed by atoms with E-state index in [1.807, 2.05) is 0 Å². The van der Waals surface area contributed by atoms with Gasteiger partial charge >= 0.3 is 6.18 Å². The maximum atomic E-state index is 12.4. The molecule has 1 aromatic rings. The summed E-state index contributed by atoms with van der Waals surface area (Å²) in [5, 5.41) is 3.25. The van der Waals surface area contributed by atoms with Crippen molar-refractivity contribution in [1.29, 1.82) is 0 Å². The molecular formula is C14H19ClF3N3O. The smallest absolute Gasteiger partial charge is 0.350 e. The first-order valence-corrected chi connectivity index (χ1v) is 7.51. The molecule has 1 aliphatic rings. The summed E-state index contributed by atoms with van der Waals surface area (Å²) < 4.78 is 38.9. The van der Waals surface area contributed by atoms with E-state index in [-0.39, 0.29) is 11.8 Å². The second kappa shape index (κ2) is 6.91. The zero-order valence-corrected chi connectivity index (χ0v) is 13.0. The molecule has 2 rings (SSSR count). The second-order valence-electron chi connectivity index (χ2n) is 5.72. The largest absolute Gasteiger partial charge is 0.401 e. The lowest BCUT2D eigenvalue weighted by molar-refractivity contribution is -0.149. The third kappa shape index (κ3) is 4.91. The van der Waals surface area contributed by atoms with Crippen LogP contribution in [0.15, 0.2) is 12.3 Å². The standard InChI is InChI=1S/C14H19ClF3N3O/c1-20-8-11(15)5-12(20)13(22)19-6-10-3-2-4-21(7-10)9-14(16,17)18/h5,8,10H,2-4,6-7,9H2,1H3,(H,19,22)/t10-/m0/s1. The van der Waals surface area contributed by atoms with Gasteiger partial charge in [-0.15, -0.1) is 0 Å². The van der Waals surface area contributed by atoms with Crippen LogP contribution in [0.25, 0.3) is 0 Å². The number of nitrogens with zero attached hydrogens (tertiary/aromatic N) is 2. The van der Waals surface area contributed by atoms with Crippen molar-refractivity contribution in [3.8, 4) is 0 Å². The van der Waals surface area contributed by atoms with Crippen LogP contribution in [-0.2, 0) is 7.05 Å². The highest BCUT2D eigenvalue weighted by Crippen LogP contribution is 2.22. The first kappa shape index (κ1) is 17.1. The molecule has 0 aromatic carbocycles. The number of nitrogens with one attached hydrogen (secondary N) is 1. The number of likely N-dealkylation sites (tertiary alicyclic amines) is 1. The van der Waals surface area contributed by atoms with E-state index in [4.69, 9.17) is 11.6 Å². The molecule has 0 spiro atoms. The van der Waals surface area contributed by atoms with Gasteiger partial charge < -0.3 is 9.88 Å². The Bertz CT molecular complexity index is 530. The molecule has 22 heavy (non-hydrogen) atoms. The van der Waals surface area contributed by atoms with Gasteiger partial charge in [0.2, 0.25) is 0 Å². The Balaban J connectivity index is 1.83. The molecule has 0 aliphatic carbocycles. The number of halogens is 4. The molecule has 0 unspecified atom stereocenters. The van der Waals surface area contributed by atoms with Gasteiger partial charge in [0.15, 0.2) is 0 Å².